The van der Waals surface area contributed by atoms with Gasteiger partial charge in [-0.3, -0.25) is 4.79 Å². The van der Waals surface area contributed by atoms with Gasteiger partial charge in [0, 0.05) is 11.6 Å². The molecule has 0 unspecified atom stereocenters. The highest BCUT2D eigenvalue weighted by Crippen LogP contribution is 2.16. The normalized spacial score (nSPS) is 10.8. The molecule has 2 heterocycles. The summed E-state index contributed by atoms with van der Waals surface area (Å²) in [5, 5.41) is 6.63. The van der Waals surface area contributed by atoms with E-state index in [1.54, 1.807) is 24.5 Å². The largest absolute Gasteiger partial charge is 0.357 e. The number of benzene rings is 2. The highest BCUT2D eigenvalue weighted by Gasteiger charge is 2.11. The summed E-state index contributed by atoms with van der Waals surface area (Å²) in [7, 11) is 0. The molecule has 0 atom stereocenters. The molecule has 0 fully saturated rings. The highest BCUT2D eigenvalue weighted by molar-refractivity contribution is 6.03. The van der Waals surface area contributed by atoms with Crippen LogP contribution in [0.1, 0.15) is 16.1 Å². The van der Waals surface area contributed by atoms with Gasteiger partial charge in [-0.15, -0.1) is 0 Å². The Morgan fingerprint density at radius 3 is 2.75 bits per heavy atom. The van der Waals surface area contributed by atoms with Crippen LogP contribution in [-0.2, 0) is 6.54 Å². The second-order valence-electron chi connectivity index (χ2n) is 5.36. The third-order valence-corrected chi connectivity index (χ3v) is 3.69. The van der Waals surface area contributed by atoms with Gasteiger partial charge in [-0.25, -0.2) is 4.98 Å². The van der Waals surface area contributed by atoms with Crippen molar-refractivity contribution in [1.29, 1.82) is 0 Å². The van der Waals surface area contributed by atoms with Gasteiger partial charge < -0.3 is 14.4 Å². The molecule has 1 amide bonds. The van der Waals surface area contributed by atoms with E-state index >= 15 is 0 Å². The van der Waals surface area contributed by atoms with Crippen molar-refractivity contribution >= 4 is 22.8 Å². The first-order valence-corrected chi connectivity index (χ1v) is 7.51. The van der Waals surface area contributed by atoms with Crippen molar-refractivity contribution in [2.45, 2.75) is 6.54 Å². The fourth-order valence-electron chi connectivity index (χ4n) is 2.53. The van der Waals surface area contributed by atoms with Crippen LogP contribution in [0.3, 0.4) is 0 Å². The Morgan fingerprint density at radius 1 is 1.08 bits per heavy atom. The Labute approximate surface area is 137 Å². The van der Waals surface area contributed by atoms with Crippen molar-refractivity contribution in [2.24, 2.45) is 0 Å². The number of hydrogen-bond donors (Lipinski definition) is 1. The van der Waals surface area contributed by atoms with Crippen LogP contribution in [0, 0.1) is 0 Å². The zero-order valence-electron chi connectivity index (χ0n) is 12.7. The zero-order chi connectivity index (χ0) is 16.4. The van der Waals surface area contributed by atoms with Crippen LogP contribution in [0.15, 0.2) is 71.5 Å². The Morgan fingerprint density at radius 2 is 1.88 bits per heavy atom. The van der Waals surface area contributed by atoms with Crippen LogP contribution >= 0.6 is 0 Å². The van der Waals surface area contributed by atoms with E-state index in [9.17, 15) is 4.79 Å². The maximum absolute atomic E-state index is 12.1. The summed E-state index contributed by atoms with van der Waals surface area (Å²) < 4.78 is 7.28. The SMILES string of the molecule is O=C(Nc1cc(Cn2cnc3ccccc32)on1)c1ccccc1. The molecule has 4 rings (SSSR count). The van der Waals surface area contributed by atoms with Gasteiger partial charge in [-0.1, -0.05) is 35.5 Å². The molecule has 0 aliphatic carbocycles. The number of nitrogens with one attached hydrogen (secondary N) is 1. The zero-order valence-corrected chi connectivity index (χ0v) is 12.7. The number of fused-ring (bicyclic) bond motifs is 1. The molecule has 0 aliphatic rings. The molecule has 118 valence electrons. The van der Waals surface area contributed by atoms with Gasteiger partial charge in [0.05, 0.1) is 23.9 Å². The molecule has 0 saturated heterocycles. The maximum Gasteiger partial charge on any atom is 0.256 e. The topological polar surface area (TPSA) is 73.0 Å². The molecule has 6 heteroatoms. The number of carbonyl (C=O) groups is 1. The van der Waals surface area contributed by atoms with E-state index in [4.69, 9.17) is 4.52 Å². The molecule has 0 spiro atoms. The molecule has 6 nitrogen and oxygen atoms in total. The fourth-order valence-corrected chi connectivity index (χ4v) is 2.53. The minimum atomic E-state index is -0.219. The standard InChI is InChI=1S/C18H14N4O2/c23-18(13-6-2-1-3-7-13)20-17-10-14(24-21-17)11-22-12-19-15-8-4-5-9-16(15)22/h1-10,12H,11H2,(H,20,21,23). The molecular formula is C18H14N4O2. The highest BCUT2D eigenvalue weighted by atomic mass is 16.5. The number of carbonyl (C=O) groups excluding carboxylic acids is 1. The first-order chi connectivity index (χ1) is 11.8. The third kappa shape index (κ3) is 2.77. The van der Waals surface area contributed by atoms with E-state index in [0.29, 0.717) is 23.7 Å². The molecule has 2 aromatic carbocycles. The number of rotatable bonds is 4. The Hall–Kier alpha value is -3.41. The molecular weight excluding hydrogens is 304 g/mol. The number of hydrogen-bond acceptors (Lipinski definition) is 4. The Kier molecular flexibility index (Phi) is 3.55. The predicted molar refractivity (Wildman–Crippen MR) is 89.7 cm³/mol. The summed E-state index contributed by atoms with van der Waals surface area (Å²) in [4.78, 5) is 16.4. The van der Waals surface area contributed by atoms with E-state index in [2.05, 4.69) is 15.5 Å². The monoisotopic (exact) mass is 318 g/mol. The van der Waals surface area contributed by atoms with Gasteiger partial charge in [0.2, 0.25) is 0 Å². The van der Waals surface area contributed by atoms with Crippen molar-refractivity contribution in [3.63, 3.8) is 0 Å². The second-order valence-corrected chi connectivity index (χ2v) is 5.36. The number of aromatic nitrogens is 3. The van der Waals surface area contributed by atoms with E-state index in [1.165, 1.54) is 0 Å². The van der Waals surface area contributed by atoms with Crippen molar-refractivity contribution in [3.05, 3.63) is 78.3 Å². The predicted octanol–water partition coefficient (Wildman–Crippen LogP) is 3.32. The number of imidazole rings is 1. The first kappa shape index (κ1) is 14.2. The lowest BCUT2D eigenvalue weighted by molar-refractivity contribution is 0.102. The first-order valence-electron chi connectivity index (χ1n) is 7.51. The number of nitrogens with zero attached hydrogens (tertiary/aromatic N) is 3. The molecule has 0 aliphatic heterocycles. The molecule has 4 aromatic rings. The lowest BCUT2D eigenvalue weighted by Gasteiger charge is -2.00. The van der Waals surface area contributed by atoms with Crippen LogP contribution in [0.4, 0.5) is 5.82 Å². The van der Waals surface area contributed by atoms with Gasteiger partial charge >= 0.3 is 0 Å². The Balaban J connectivity index is 1.50. The molecule has 0 bridgehead atoms. The van der Waals surface area contributed by atoms with E-state index in [-0.39, 0.29) is 5.91 Å². The summed E-state index contributed by atoms with van der Waals surface area (Å²) in [6.07, 6.45) is 1.76. The maximum atomic E-state index is 12.1. The number of amides is 1. The van der Waals surface area contributed by atoms with E-state index in [1.807, 2.05) is 47.0 Å². The minimum Gasteiger partial charge on any atom is -0.357 e. The fraction of sp³-hybridized carbons (Fsp3) is 0.0556. The van der Waals surface area contributed by atoms with Crippen molar-refractivity contribution in [2.75, 3.05) is 5.32 Å². The summed E-state index contributed by atoms with van der Waals surface area (Å²) >= 11 is 0. The second kappa shape index (κ2) is 6.00. The van der Waals surface area contributed by atoms with Crippen LogP contribution in [0.2, 0.25) is 0 Å². The molecule has 1 N–H and O–H groups in total. The van der Waals surface area contributed by atoms with Crippen LogP contribution in [-0.4, -0.2) is 20.6 Å². The van der Waals surface area contributed by atoms with Crippen LogP contribution in [0.5, 0.6) is 0 Å². The quantitative estimate of drug-likeness (QED) is 0.626. The number of para-hydroxylation sites is 2. The molecule has 24 heavy (non-hydrogen) atoms. The van der Waals surface area contributed by atoms with Gasteiger partial charge in [0.15, 0.2) is 11.6 Å². The Bertz CT molecular complexity index is 988. The van der Waals surface area contributed by atoms with Gasteiger partial charge in [0.25, 0.3) is 5.91 Å². The molecule has 2 aromatic heterocycles. The summed E-state index contributed by atoms with van der Waals surface area (Å²) in [6, 6.07) is 18.6. The average molecular weight is 318 g/mol. The van der Waals surface area contributed by atoms with Crippen molar-refractivity contribution < 1.29 is 9.32 Å². The summed E-state index contributed by atoms with van der Waals surface area (Å²) in [6.45, 7) is 0.495. The van der Waals surface area contributed by atoms with Gasteiger partial charge in [0.1, 0.15) is 0 Å². The van der Waals surface area contributed by atoms with Crippen LogP contribution in [0.25, 0.3) is 11.0 Å². The van der Waals surface area contributed by atoms with E-state index < -0.39 is 0 Å². The smallest absolute Gasteiger partial charge is 0.256 e. The summed E-state index contributed by atoms with van der Waals surface area (Å²) in [5.74, 6) is 0.813. The van der Waals surface area contributed by atoms with Crippen molar-refractivity contribution in [3.8, 4) is 0 Å². The van der Waals surface area contributed by atoms with Crippen LogP contribution < -0.4 is 5.32 Å². The lowest BCUT2D eigenvalue weighted by Crippen LogP contribution is -2.11. The van der Waals surface area contributed by atoms with Gasteiger partial charge in [-0.2, -0.15) is 0 Å². The van der Waals surface area contributed by atoms with Crippen molar-refractivity contribution in [1.82, 2.24) is 14.7 Å². The molecule has 0 radical (unpaired) electrons. The average Bonchev–Trinajstić information content (AvgIpc) is 3.23. The number of anilines is 1. The molecule has 0 saturated carbocycles. The third-order valence-electron chi connectivity index (χ3n) is 3.69. The summed E-state index contributed by atoms with van der Waals surface area (Å²) in [5.41, 5.74) is 2.51. The minimum absolute atomic E-state index is 0.219. The van der Waals surface area contributed by atoms with E-state index in [0.717, 1.165) is 11.0 Å². The van der Waals surface area contributed by atoms with Gasteiger partial charge in [-0.05, 0) is 24.3 Å². The lowest BCUT2D eigenvalue weighted by atomic mass is 10.2.